The Bertz CT molecular complexity index is 256. The zero-order valence-corrected chi connectivity index (χ0v) is 12.0. The molecule has 4 nitrogen and oxygen atoms in total. The number of nitrogens with zero attached hydrogens (tertiary/aromatic N) is 1. The van der Waals surface area contributed by atoms with Crippen LogP contribution in [0.4, 0.5) is 0 Å². The highest BCUT2D eigenvalue weighted by molar-refractivity contribution is 5.82. The Morgan fingerprint density at radius 3 is 2.72 bits per heavy atom. The van der Waals surface area contributed by atoms with E-state index in [1.54, 1.807) is 7.11 Å². The van der Waals surface area contributed by atoms with E-state index in [9.17, 15) is 4.79 Å². The van der Waals surface area contributed by atoms with Crippen LogP contribution in [0, 0.1) is 5.92 Å². The predicted octanol–water partition coefficient (Wildman–Crippen LogP) is 1.78. The summed E-state index contributed by atoms with van der Waals surface area (Å²) in [6.45, 7) is 5.59. The number of hydrogen-bond acceptors (Lipinski definition) is 3. The van der Waals surface area contributed by atoms with E-state index in [4.69, 9.17) is 10.5 Å². The van der Waals surface area contributed by atoms with Gasteiger partial charge < -0.3 is 15.4 Å². The van der Waals surface area contributed by atoms with E-state index in [1.165, 1.54) is 12.8 Å². The van der Waals surface area contributed by atoms with Gasteiger partial charge in [0.15, 0.2) is 0 Å². The second-order valence-corrected chi connectivity index (χ2v) is 5.73. The third kappa shape index (κ3) is 4.58. The molecule has 1 heterocycles. The second kappa shape index (κ2) is 7.74. The molecule has 2 N–H and O–H groups in total. The third-order valence-corrected chi connectivity index (χ3v) is 3.57. The van der Waals surface area contributed by atoms with Gasteiger partial charge in [0, 0.05) is 19.7 Å². The summed E-state index contributed by atoms with van der Waals surface area (Å²) in [5.74, 6) is 0.673. The fraction of sp³-hybridized carbons (Fsp3) is 0.929. The Morgan fingerprint density at radius 1 is 1.39 bits per heavy atom. The molecule has 0 spiro atoms. The van der Waals surface area contributed by atoms with Crippen LogP contribution in [0.25, 0.3) is 0 Å². The number of hydrogen-bond donors (Lipinski definition) is 1. The van der Waals surface area contributed by atoms with Crippen LogP contribution in [-0.4, -0.2) is 43.2 Å². The molecule has 1 rings (SSSR count). The zero-order valence-electron chi connectivity index (χ0n) is 12.0. The number of ether oxygens (including phenoxy) is 1. The largest absolute Gasteiger partial charge is 0.383 e. The summed E-state index contributed by atoms with van der Waals surface area (Å²) >= 11 is 0. The number of rotatable bonds is 5. The van der Waals surface area contributed by atoms with Crippen LogP contribution in [-0.2, 0) is 9.53 Å². The maximum Gasteiger partial charge on any atom is 0.242 e. The number of amides is 1. The van der Waals surface area contributed by atoms with Crippen molar-refractivity contribution in [1.82, 2.24) is 4.90 Å². The summed E-state index contributed by atoms with van der Waals surface area (Å²) in [5.41, 5.74) is 5.89. The van der Waals surface area contributed by atoms with Crippen molar-refractivity contribution in [2.24, 2.45) is 11.7 Å². The van der Waals surface area contributed by atoms with E-state index >= 15 is 0 Å². The molecular weight excluding hydrogens is 228 g/mol. The van der Waals surface area contributed by atoms with E-state index in [2.05, 4.69) is 13.8 Å². The second-order valence-electron chi connectivity index (χ2n) is 5.73. The number of carbonyl (C=O) groups excluding carboxylic acids is 1. The van der Waals surface area contributed by atoms with Crippen LogP contribution in [0.5, 0.6) is 0 Å². The standard InChI is InChI=1S/C14H28N2O2/c1-11(2)9-12-7-5-4-6-8-16(12)14(17)13(15)10-18-3/h11-13H,4-10,15H2,1-3H3. The Kier molecular flexibility index (Phi) is 6.65. The summed E-state index contributed by atoms with van der Waals surface area (Å²) in [7, 11) is 1.58. The molecular formula is C14H28N2O2. The molecule has 0 aromatic carbocycles. The average molecular weight is 256 g/mol. The van der Waals surface area contributed by atoms with Crippen LogP contribution < -0.4 is 5.73 Å². The van der Waals surface area contributed by atoms with Gasteiger partial charge in [0.25, 0.3) is 0 Å². The summed E-state index contributed by atoms with van der Waals surface area (Å²) in [6.07, 6.45) is 5.73. The molecule has 18 heavy (non-hydrogen) atoms. The summed E-state index contributed by atoms with van der Waals surface area (Å²) in [6, 6.07) is -0.148. The van der Waals surface area contributed by atoms with Gasteiger partial charge in [0.1, 0.15) is 6.04 Å². The molecule has 0 bridgehead atoms. The fourth-order valence-electron chi connectivity index (χ4n) is 2.72. The lowest BCUT2D eigenvalue weighted by Crippen LogP contribution is -2.50. The minimum absolute atomic E-state index is 0.0596. The molecule has 1 saturated heterocycles. The molecule has 0 saturated carbocycles. The van der Waals surface area contributed by atoms with Crippen LogP contribution >= 0.6 is 0 Å². The van der Waals surface area contributed by atoms with Crippen molar-refractivity contribution in [1.29, 1.82) is 0 Å². The summed E-state index contributed by atoms with van der Waals surface area (Å²) in [4.78, 5) is 14.4. The Labute approximate surface area is 111 Å². The lowest BCUT2D eigenvalue weighted by molar-refractivity contribution is -0.136. The van der Waals surface area contributed by atoms with Gasteiger partial charge >= 0.3 is 0 Å². The first kappa shape index (κ1) is 15.4. The number of carbonyl (C=O) groups is 1. The van der Waals surface area contributed by atoms with Gasteiger partial charge in [-0.1, -0.05) is 26.7 Å². The maximum absolute atomic E-state index is 12.4. The predicted molar refractivity (Wildman–Crippen MR) is 73.3 cm³/mol. The molecule has 1 aliphatic heterocycles. The van der Waals surface area contributed by atoms with Crippen molar-refractivity contribution in [2.45, 2.75) is 58.0 Å². The molecule has 106 valence electrons. The van der Waals surface area contributed by atoms with Gasteiger partial charge in [-0.2, -0.15) is 0 Å². The van der Waals surface area contributed by atoms with Gasteiger partial charge in [-0.25, -0.2) is 0 Å². The zero-order chi connectivity index (χ0) is 13.5. The van der Waals surface area contributed by atoms with E-state index in [-0.39, 0.29) is 5.91 Å². The van der Waals surface area contributed by atoms with Crippen LogP contribution in [0.1, 0.15) is 46.0 Å². The Balaban J connectivity index is 2.68. The number of nitrogens with two attached hydrogens (primary N) is 1. The molecule has 1 amide bonds. The highest BCUT2D eigenvalue weighted by atomic mass is 16.5. The first-order chi connectivity index (χ1) is 8.56. The lowest BCUT2D eigenvalue weighted by Gasteiger charge is -2.33. The topological polar surface area (TPSA) is 55.6 Å². The van der Waals surface area contributed by atoms with Crippen LogP contribution in [0.2, 0.25) is 0 Å². The normalized spacial score (nSPS) is 22.9. The molecule has 0 radical (unpaired) electrons. The molecule has 2 unspecified atom stereocenters. The van der Waals surface area contributed by atoms with E-state index in [0.29, 0.717) is 18.6 Å². The fourth-order valence-corrected chi connectivity index (χ4v) is 2.72. The molecule has 0 aromatic heterocycles. The molecule has 2 atom stereocenters. The lowest BCUT2D eigenvalue weighted by atomic mass is 9.98. The van der Waals surface area contributed by atoms with Crippen molar-refractivity contribution < 1.29 is 9.53 Å². The van der Waals surface area contributed by atoms with E-state index in [0.717, 1.165) is 25.8 Å². The average Bonchev–Trinajstić information content (AvgIpc) is 2.53. The van der Waals surface area contributed by atoms with Crippen molar-refractivity contribution >= 4 is 5.91 Å². The van der Waals surface area contributed by atoms with Crippen molar-refractivity contribution in [3.05, 3.63) is 0 Å². The van der Waals surface area contributed by atoms with Crippen LogP contribution in [0.3, 0.4) is 0 Å². The van der Waals surface area contributed by atoms with Crippen molar-refractivity contribution in [3.63, 3.8) is 0 Å². The number of methoxy groups -OCH3 is 1. The minimum atomic E-state index is -0.511. The van der Waals surface area contributed by atoms with Gasteiger partial charge in [-0.15, -0.1) is 0 Å². The van der Waals surface area contributed by atoms with Crippen LogP contribution in [0.15, 0.2) is 0 Å². The molecule has 1 aliphatic rings. The quantitative estimate of drug-likeness (QED) is 0.815. The SMILES string of the molecule is COCC(N)C(=O)N1CCCCCC1CC(C)C. The maximum atomic E-state index is 12.4. The Hall–Kier alpha value is -0.610. The summed E-state index contributed by atoms with van der Waals surface area (Å²) < 4.78 is 4.99. The van der Waals surface area contributed by atoms with E-state index in [1.807, 2.05) is 4.90 Å². The molecule has 0 aromatic rings. The smallest absolute Gasteiger partial charge is 0.242 e. The monoisotopic (exact) mass is 256 g/mol. The van der Waals surface area contributed by atoms with Gasteiger partial charge in [0.2, 0.25) is 5.91 Å². The van der Waals surface area contributed by atoms with Crippen molar-refractivity contribution in [3.8, 4) is 0 Å². The van der Waals surface area contributed by atoms with Crippen molar-refractivity contribution in [2.75, 3.05) is 20.3 Å². The number of likely N-dealkylation sites (tertiary alicyclic amines) is 1. The first-order valence-corrected chi connectivity index (χ1v) is 7.11. The highest BCUT2D eigenvalue weighted by Crippen LogP contribution is 2.22. The third-order valence-electron chi connectivity index (χ3n) is 3.57. The van der Waals surface area contributed by atoms with Gasteiger partial charge in [-0.3, -0.25) is 4.79 Å². The minimum Gasteiger partial charge on any atom is -0.383 e. The molecule has 0 aliphatic carbocycles. The molecule has 4 heteroatoms. The van der Waals surface area contributed by atoms with Gasteiger partial charge in [0.05, 0.1) is 6.61 Å². The summed E-state index contributed by atoms with van der Waals surface area (Å²) in [5, 5.41) is 0. The molecule has 1 fully saturated rings. The van der Waals surface area contributed by atoms with E-state index < -0.39 is 6.04 Å². The first-order valence-electron chi connectivity index (χ1n) is 7.11. The van der Waals surface area contributed by atoms with Gasteiger partial charge in [-0.05, 0) is 25.2 Å². The highest BCUT2D eigenvalue weighted by Gasteiger charge is 2.29. The Morgan fingerprint density at radius 2 is 2.11 bits per heavy atom.